The average Bonchev–Trinajstić information content (AvgIpc) is 2.34. The summed E-state index contributed by atoms with van der Waals surface area (Å²) in [4.78, 5) is 16.4. The number of nitrogens with zero attached hydrogens (tertiary/aromatic N) is 1. The maximum Gasteiger partial charge on any atom is 0.253 e. The van der Waals surface area contributed by atoms with Crippen molar-refractivity contribution in [3.05, 3.63) is 24.0 Å². The van der Waals surface area contributed by atoms with Gasteiger partial charge in [0.05, 0.1) is 17.4 Å². The molecule has 1 unspecified atom stereocenters. The summed E-state index contributed by atoms with van der Waals surface area (Å²) in [6.45, 7) is 5.05. The Labute approximate surface area is 115 Å². The van der Waals surface area contributed by atoms with Crippen molar-refractivity contribution in [2.24, 2.45) is 5.92 Å². The molecule has 0 spiro atoms. The summed E-state index contributed by atoms with van der Waals surface area (Å²) in [7, 11) is 0. The van der Waals surface area contributed by atoms with Crippen molar-refractivity contribution in [3.63, 3.8) is 0 Å². The van der Waals surface area contributed by atoms with E-state index >= 15 is 0 Å². The van der Waals surface area contributed by atoms with Crippen LogP contribution in [0.25, 0.3) is 0 Å². The summed E-state index contributed by atoms with van der Waals surface area (Å²) in [5.41, 5.74) is 1.51. The number of hydrogen-bond acceptors (Lipinski definition) is 3. The van der Waals surface area contributed by atoms with E-state index in [0.717, 1.165) is 18.7 Å². The molecular formula is C15H23N3O. The Kier molecular flexibility index (Phi) is 4.77. The minimum atomic E-state index is 0.000373. The molecule has 0 bridgehead atoms. The number of aromatic nitrogens is 1. The number of nitrogens with one attached hydrogen (secondary N) is 2. The van der Waals surface area contributed by atoms with Gasteiger partial charge in [0.1, 0.15) is 0 Å². The van der Waals surface area contributed by atoms with Crippen LogP contribution in [-0.4, -0.2) is 23.5 Å². The second-order valence-electron chi connectivity index (χ2n) is 5.30. The first kappa shape index (κ1) is 13.8. The van der Waals surface area contributed by atoms with E-state index < -0.39 is 0 Å². The quantitative estimate of drug-likeness (QED) is 0.828. The molecule has 4 nitrogen and oxygen atoms in total. The van der Waals surface area contributed by atoms with Crippen molar-refractivity contribution in [2.75, 3.05) is 11.9 Å². The molecule has 0 saturated heterocycles. The molecule has 1 amide bonds. The smallest absolute Gasteiger partial charge is 0.253 e. The van der Waals surface area contributed by atoms with Gasteiger partial charge < -0.3 is 10.6 Å². The number of pyridine rings is 1. The van der Waals surface area contributed by atoms with Gasteiger partial charge in [-0.3, -0.25) is 9.78 Å². The Bertz CT molecular complexity index is 429. The molecule has 19 heavy (non-hydrogen) atoms. The molecule has 4 heteroatoms. The van der Waals surface area contributed by atoms with Crippen LogP contribution in [0.1, 0.15) is 49.9 Å². The van der Waals surface area contributed by atoms with Crippen LogP contribution in [0.5, 0.6) is 0 Å². The summed E-state index contributed by atoms with van der Waals surface area (Å²) in [5, 5.41) is 6.36. The summed E-state index contributed by atoms with van der Waals surface area (Å²) in [6.07, 6.45) is 8.17. The van der Waals surface area contributed by atoms with Gasteiger partial charge in [-0.25, -0.2) is 0 Å². The first-order chi connectivity index (χ1) is 9.22. The van der Waals surface area contributed by atoms with Crippen molar-refractivity contribution < 1.29 is 4.79 Å². The van der Waals surface area contributed by atoms with Crippen LogP contribution >= 0.6 is 0 Å². The van der Waals surface area contributed by atoms with Crippen LogP contribution in [0, 0.1) is 5.92 Å². The third-order valence-corrected chi connectivity index (χ3v) is 3.85. The Morgan fingerprint density at radius 2 is 2.32 bits per heavy atom. The lowest BCUT2D eigenvalue weighted by molar-refractivity contribution is 0.0910. The Hall–Kier alpha value is -1.58. The highest BCUT2D eigenvalue weighted by molar-refractivity contribution is 5.99. The normalized spacial score (nSPS) is 16.5. The molecule has 1 aliphatic rings. The second kappa shape index (κ2) is 6.55. The van der Waals surface area contributed by atoms with E-state index in [1.165, 1.54) is 19.3 Å². The monoisotopic (exact) mass is 261 g/mol. The Balaban J connectivity index is 2.00. The molecule has 0 radical (unpaired) electrons. The lowest BCUT2D eigenvalue weighted by atomic mass is 9.80. The first-order valence-electron chi connectivity index (χ1n) is 7.21. The Morgan fingerprint density at radius 3 is 2.95 bits per heavy atom. The Morgan fingerprint density at radius 1 is 1.53 bits per heavy atom. The molecule has 1 aromatic heterocycles. The summed E-state index contributed by atoms with van der Waals surface area (Å²) >= 11 is 0. The molecule has 2 N–H and O–H groups in total. The number of hydrogen-bond donors (Lipinski definition) is 2. The SMILES string of the molecule is CCCNc1cnccc1C(=O)NC(C)C1CCC1. The van der Waals surface area contributed by atoms with E-state index in [-0.39, 0.29) is 11.9 Å². The third kappa shape index (κ3) is 3.46. The van der Waals surface area contributed by atoms with Gasteiger partial charge in [-0.05, 0) is 38.2 Å². The van der Waals surface area contributed by atoms with Gasteiger partial charge in [0.25, 0.3) is 5.91 Å². The van der Waals surface area contributed by atoms with Crippen LogP contribution in [0.2, 0.25) is 0 Å². The van der Waals surface area contributed by atoms with Gasteiger partial charge in [-0.15, -0.1) is 0 Å². The van der Waals surface area contributed by atoms with Crippen LogP contribution < -0.4 is 10.6 Å². The fourth-order valence-electron chi connectivity index (χ4n) is 2.34. The summed E-state index contributed by atoms with van der Waals surface area (Å²) < 4.78 is 0. The number of carbonyl (C=O) groups is 1. The fraction of sp³-hybridized carbons (Fsp3) is 0.600. The molecule has 1 fully saturated rings. The minimum absolute atomic E-state index is 0.000373. The lowest BCUT2D eigenvalue weighted by Crippen LogP contribution is -2.40. The number of rotatable bonds is 6. The fourth-order valence-corrected chi connectivity index (χ4v) is 2.34. The lowest BCUT2D eigenvalue weighted by Gasteiger charge is -2.32. The van der Waals surface area contributed by atoms with Crippen molar-refractivity contribution in [1.29, 1.82) is 0 Å². The number of anilines is 1. The predicted octanol–water partition coefficient (Wildman–Crippen LogP) is 2.82. The molecule has 1 atom stereocenters. The zero-order valence-electron chi connectivity index (χ0n) is 11.8. The van der Waals surface area contributed by atoms with Gasteiger partial charge in [-0.2, -0.15) is 0 Å². The standard InChI is InChI=1S/C15H23N3O/c1-3-8-17-14-10-16-9-7-13(14)15(19)18-11(2)12-5-4-6-12/h7,9-12,17H,3-6,8H2,1-2H3,(H,18,19). The largest absolute Gasteiger partial charge is 0.383 e. The van der Waals surface area contributed by atoms with E-state index in [9.17, 15) is 4.79 Å². The van der Waals surface area contributed by atoms with Crippen LogP contribution in [0.4, 0.5) is 5.69 Å². The molecule has 1 heterocycles. The van der Waals surface area contributed by atoms with E-state index in [4.69, 9.17) is 0 Å². The average molecular weight is 261 g/mol. The maximum absolute atomic E-state index is 12.3. The van der Waals surface area contributed by atoms with E-state index in [1.54, 1.807) is 18.5 Å². The predicted molar refractivity (Wildman–Crippen MR) is 77.3 cm³/mol. The maximum atomic E-state index is 12.3. The van der Waals surface area contributed by atoms with E-state index in [2.05, 4.69) is 29.5 Å². The van der Waals surface area contributed by atoms with Gasteiger partial charge >= 0.3 is 0 Å². The van der Waals surface area contributed by atoms with Gasteiger partial charge in [0.15, 0.2) is 0 Å². The first-order valence-corrected chi connectivity index (χ1v) is 7.21. The highest BCUT2D eigenvalue weighted by atomic mass is 16.1. The van der Waals surface area contributed by atoms with Crippen molar-refractivity contribution >= 4 is 11.6 Å². The zero-order valence-corrected chi connectivity index (χ0v) is 11.8. The second-order valence-corrected chi connectivity index (χ2v) is 5.30. The van der Waals surface area contributed by atoms with Crippen LogP contribution in [0.15, 0.2) is 18.5 Å². The van der Waals surface area contributed by atoms with Crippen molar-refractivity contribution in [3.8, 4) is 0 Å². The molecule has 2 rings (SSSR count). The number of amides is 1. The topological polar surface area (TPSA) is 54.0 Å². The van der Waals surface area contributed by atoms with Gasteiger partial charge in [-0.1, -0.05) is 13.3 Å². The molecular weight excluding hydrogens is 238 g/mol. The van der Waals surface area contributed by atoms with Crippen LogP contribution in [0.3, 0.4) is 0 Å². The third-order valence-electron chi connectivity index (χ3n) is 3.85. The molecule has 1 aromatic rings. The molecule has 104 valence electrons. The summed E-state index contributed by atoms with van der Waals surface area (Å²) in [6, 6.07) is 2.04. The minimum Gasteiger partial charge on any atom is -0.383 e. The number of carbonyl (C=O) groups excluding carboxylic acids is 1. The zero-order chi connectivity index (χ0) is 13.7. The highest BCUT2D eigenvalue weighted by Crippen LogP contribution is 2.29. The molecule has 0 aromatic carbocycles. The molecule has 1 saturated carbocycles. The van der Waals surface area contributed by atoms with Crippen LogP contribution in [-0.2, 0) is 0 Å². The van der Waals surface area contributed by atoms with Crippen molar-refractivity contribution in [1.82, 2.24) is 10.3 Å². The summed E-state index contributed by atoms with van der Waals surface area (Å²) in [5.74, 6) is 0.651. The molecule has 0 aliphatic heterocycles. The van der Waals surface area contributed by atoms with E-state index in [0.29, 0.717) is 11.5 Å². The molecule has 1 aliphatic carbocycles. The van der Waals surface area contributed by atoms with Gasteiger partial charge in [0.2, 0.25) is 0 Å². The van der Waals surface area contributed by atoms with Gasteiger partial charge in [0, 0.05) is 18.8 Å². The van der Waals surface area contributed by atoms with Crippen molar-refractivity contribution in [2.45, 2.75) is 45.6 Å². The highest BCUT2D eigenvalue weighted by Gasteiger charge is 2.25. The van der Waals surface area contributed by atoms with E-state index in [1.807, 2.05) is 0 Å².